The molecule has 0 heterocycles. The summed E-state index contributed by atoms with van der Waals surface area (Å²) in [6, 6.07) is 10.9. The fraction of sp³-hybridized carbons (Fsp3) is 0.625. The van der Waals surface area contributed by atoms with Crippen LogP contribution in [0.15, 0.2) is 30.3 Å². The van der Waals surface area contributed by atoms with Gasteiger partial charge in [0.05, 0.1) is 6.61 Å². The van der Waals surface area contributed by atoms with Crippen LogP contribution in [0.2, 0.25) is 0 Å². The fourth-order valence-corrected chi connectivity index (χ4v) is 2.73. The summed E-state index contributed by atoms with van der Waals surface area (Å²) in [6.45, 7) is 9.53. The molecule has 0 fully saturated rings. The first kappa shape index (κ1) is 16.2. The van der Waals surface area contributed by atoms with E-state index in [9.17, 15) is 0 Å². The summed E-state index contributed by atoms with van der Waals surface area (Å²) >= 11 is 0. The molecule has 1 rings (SSSR count). The molecule has 0 saturated carbocycles. The molecule has 0 radical (unpaired) electrons. The molecule has 1 atom stereocenters. The van der Waals surface area contributed by atoms with Crippen LogP contribution < -0.4 is 5.32 Å². The fourth-order valence-electron chi connectivity index (χ4n) is 2.73. The van der Waals surface area contributed by atoms with Gasteiger partial charge < -0.3 is 15.3 Å². The van der Waals surface area contributed by atoms with Crippen LogP contribution in [0, 0.1) is 5.41 Å². The number of aliphatic hydroxyl groups excluding tert-OH is 1. The molecule has 1 aromatic rings. The van der Waals surface area contributed by atoms with E-state index in [0.717, 1.165) is 19.6 Å². The molecule has 0 aliphatic carbocycles. The summed E-state index contributed by atoms with van der Waals surface area (Å²) in [6.07, 6.45) is 0. The number of rotatable bonds is 8. The van der Waals surface area contributed by atoms with E-state index < -0.39 is 0 Å². The highest BCUT2D eigenvalue weighted by atomic mass is 16.3. The standard InChI is InChI=1S/C16H28N2O/c1-5-17-15(14-9-7-6-8-10-14)16(2,3)13-18(4)11-12-19/h6-10,15,17,19H,5,11-13H2,1-4H3. The topological polar surface area (TPSA) is 35.5 Å². The molecule has 19 heavy (non-hydrogen) atoms. The third-order valence-corrected chi connectivity index (χ3v) is 3.48. The van der Waals surface area contributed by atoms with Crippen molar-refractivity contribution in [2.24, 2.45) is 5.41 Å². The van der Waals surface area contributed by atoms with E-state index in [4.69, 9.17) is 5.11 Å². The van der Waals surface area contributed by atoms with Crippen LogP contribution in [0.4, 0.5) is 0 Å². The molecule has 0 aromatic heterocycles. The molecular weight excluding hydrogens is 236 g/mol. The Morgan fingerprint density at radius 2 is 1.89 bits per heavy atom. The van der Waals surface area contributed by atoms with E-state index >= 15 is 0 Å². The van der Waals surface area contributed by atoms with Gasteiger partial charge in [-0.3, -0.25) is 0 Å². The maximum Gasteiger partial charge on any atom is 0.0558 e. The summed E-state index contributed by atoms with van der Waals surface area (Å²) in [4.78, 5) is 2.19. The predicted molar refractivity (Wildman–Crippen MR) is 81.2 cm³/mol. The summed E-state index contributed by atoms with van der Waals surface area (Å²) in [5.74, 6) is 0. The zero-order valence-electron chi connectivity index (χ0n) is 12.7. The van der Waals surface area contributed by atoms with Gasteiger partial charge in [0.2, 0.25) is 0 Å². The van der Waals surface area contributed by atoms with Crippen molar-refractivity contribution in [3.8, 4) is 0 Å². The molecule has 108 valence electrons. The van der Waals surface area contributed by atoms with Gasteiger partial charge in [-0.05, 0) is 24.6 Å². The van der Waals surface area contributed by atoms with E-state index in [1.54, 1.807) is 0 Å². The van der Waals surface area contributed by atoms with E-state index in [1.165, 1.54) is 5.56 Å². The zero-order chi connectivity index (χ0) is 14.3. The maximum atomic E-state index is 9.04. The van der Waals surface area contributed by atoms with Gasteiger partial charge in [-0.2, -0.15) is 0 Å². The summed E-state index contributed by atoms with van der Waals surface area (Å²) in [7, 11) is 2.06. The number of aliphatic hydroxyl groups is 1. The van der Waals surface area contributed by atoms with Crippen LogP contribution in [0.3, 0.4) is 0 Å². The Bertz CT molecular complexity index is 351. The molecule has 0 saturated heterocycles. The summed E-state index contributed by atoms with van der Waals surface area (Å²) in [5, 5.41) is 12.6. The van der Waals surface area contributed by atoms with Crippen molar-refractivity contribution in [3.63, 3.8) is 0 Å². The van der Waals surface area contributed by atoms with Gasteiger partial charge in [0.25, 0.3) is 0 Å². The van der Waals surface area contributed by atoms with Gasteiger partial charge in [-0.15, -0.1) is 0 Å². The molecule has 0 bridgehead atoms. The first-order valence-corrected chi connectivity index (χ1v) is 7.09. The largest absolute Gasteiger partial charge is 0.395 e. The van der Waals surface area contributed by atoms with E-state index in [0.29, 0.717) is 6.04 Å². The van der Waals surface area contributed by atoms with Gasteiger partial charge in [-0.1, -0.05) is 51.1 Å². The lowest BCUT2D eigenvalue weighted by atomic mass is 9.80. The SMILES string of the molecule is CCNC(c1ccccc1)C(C)(C)CN(C)CCO. The third kappa shape index (κ3) is 4.94. The maximum absolute atomic E-state index is 9.04. The number of nitrogens with zero attached hydrogens (tertiary/aromatic N) is 1. The zero-order valence-corrected chi connectivity index (χ0v) is 12.7. The molecule has 1 aromatic carbocycles. The number of benzene rings is 1. The average Bonchev–Trinajstić information content (AvgIpc) is 2.36. The number of hydrogen-bond donors (Lipinski definition) is 2. The van der Waals surface area contributed by atoms with Crippen molar-refractivity contribution >= 4 is 0 Å². The molecule has 0 amide bonds. The van der Waals surface area contributed by atoms with Crippen molar-refractivity contribution in [2.45, 2.75) is 26.8 Å². The second-order valence-electron chi connectivity index (χ2n) is 5.85. The van der Waals surface area contributed by atoms with Gasteiger partial charge in [0, 0.05) is 19.1 Å². The number of hydrogen-bond acceptors (Lipinski definition) is 3. The lowest BCUT2D eigenvalue weighted by molar-refractivity contribution is 0.136. The van der Waals surface area contributed by atoms with Crippen molar-refractivity contribution < 1.29 is 5.11 Å². The van der Waals surface area contributed by atoms with Crippen molar-refractivity contribution in [1.82, 2.24) is 10.2 Å². The van der Waals surface area contributed by atoms with Crippen LogP contribution in [0.1, 0.15) is 32.4 Å². The van der Waals surface area contributed by atoms with E-state index in [2.05, 4.69) is 68.4 Å². The van der Waals surface area contributed by atoms with Crippen LogP contribution in [0.25, 0.3) is 0 Å². The van der Waals surface area contributed by atoms with Gasteiger partial charge >= 0.3 is 0 Å². The number of likely N-dealkylation sites (N-methyl/N-ethyl adjacent to an activating group) is 1. The lowest BCUT2D eigenvalue weighted by Gasteiger charge is -2.38. The van der Waals surface area contributed by atoms with E-state index in [-0.39, 0.29) is 12.0 Å². The monoisotopic (exact) mass is 264 g/mol. The minimum atomic E-state index is 0.0985. The molecule has 2 N–H and O–H groups in total. The predicted octanol–water partition coefficient (Wildman–Crippen LogP) is 2.29. The van der Waals surface area contributed by atoms with Crippen LogP contribution in [-0.2, 0) is 0 Å². The Hall–Kier alpha value is -0.900. The Kier molecular flexibility index (Phi) is 6.49. The van der Waals surface area contributed by atoms with Crippen molar-refractivity contribution in [2.75, 3.05) is 33.3 Å². The molecule has 0 spiro atoms. The lowest BCUT2D eigenvalue weighted by Crippen LogP contribution is -2.42. The summed E-state index contributed by atoms with van der Waals surface area (Å²) in [5.41, 5.74) is 1.42. The highest BCUT2D eigenvalue weighted by molar-refractivity contribution is 5.21. The van der Waals surface area contributed by atoms with Gasteiger partial charge in [-0.25, -0.2) is 0 Å². The third-order valence-electron chi connectivity index (χ3n) is 3.48. The highest BCUT2D eigenvalue weighted by Gasteiger charge is 2.31. The van der Waals surface area contributed by atoms with Crippen molar-refractivity contribution in [1.29, 1.82) is 0 Å². The molecular formula is C16H28N2O. The second-order valence-corrected chi connectivity index (χ2v) is 5.85. The second kappa shape index (κ2) is 7.63. The summed E-state index contributed by atoms with van der Waals surface area (Å²) < 4.78 is 0. The molecule has 3 nitrogen and oxygen atoms in total. The van der Waals surface area contributed by atoms with Crippen LogP contribution >= 0.6 is 0 Å². The van der Waals surface area contributed by atoms with Gasteiger partial charge in [0.1, 0.15) is 0 Å². The first-order chi connectivity index (χ1) is 9.01. The molecule has 3 heteroatoms. The normalized spacial score (nSPS) is 13.8. The molecule has 0 aliphatic rings. The average molecular weight is 264 g/mol. The minimum Gasteiger partial charge on any atom is -0.395 e. The van der Waals surface area contributed by atoms with Crippen molar-refractivity contribution in [3.05, 3.63) is 35.9 Å². The Labute approximate surface area is 117 Å². The first-order valence-electron chi connectivity index (χ1n) is 7.09. The minimum absolute atomic E-state index is 0.0985. The van der Waals surface area contributed by atoms with E-state index in [1.807, 2.05) is 0 Å². The Morgan fingerprint density at radius 1 is 1.26 bits per heavy atom. The Morgan fingerprint density at radius 3 is 2.42 bits per heavy atom. The molecule has 1 unspecified atom stereocenters. The Balaban J connectivity index is 2.85. The van der Waals surface area contributed by atoms with Crippen LogP contribution in [0.5, 0.6) is 0 Å². The number of nitrogens with one attached hydrogen (secondary N) is 1. The van der Waals surface area contributed by atoms with Crippen LogP contribution in [-0.4, -0.2) is 43.3 Å². The smallest absolute Gasteiger partial charge is 0.0558 e. The quantitative estimate of drug-likeness (QED) is 0.756. The molecule has 0 aliphatic heterocycles. The highest BCUT2D eigenvalue weighted by Crippen LogP contribution is 2.33. The van der Waals surface area contributed by atoms with Gasteiger partial charge in [0.15, 0.2) is 0 Å².